The largest absolute Gasteiger partial charge is 0.489 e. The van der Waals surface area contributed by atoms with E-state index < -0.39 is 0 Å². The predicted molar refractivity (Wildman–Crippen MR) is 199 cm³/mol. The second-order valence-corrected chi connectivity index (χ2v) is 13.7. The maximum Gasteiger partial charge on any atom is 0.246 e. The van der Waals surface area contributed by atoms with Gasteiger partial charge in [0.25, 0.3) is 0 Å². The molecule has 0 spiro atoms. The summed E-state index contributed by atoms with van der Waals surface area (Å²) < 4.78 is 17.9. The number of aryl methyl sites for hydroxylation is 2. The number of amides is 1. The molecule has 2 aromatic heterocycles. The lowest BCUT2D eigenvalue weighted by molar-refractivity contribution is -0.127. The van der Waals surface area contributed by atoms with Crippen LogP contribution in [0, 0.1) is 13.8 Å². The van der Waals surface area contributed by atoms with E-state index in [4.69, 9.17) is 14.2 Å². The van der Waals surface area contributed by atoms with Crippen molar-refractivity contribution in [2.24, 2.45) is 0 Å². The second kappa shape index (κ2) is 16.6. The Kier molecular flexibility index (Phi) is 11.6. The predicted octanol–water partition coefficient (Wildman–Crippen LogP) is 8.59. The first-order chi connectivity index (χ1) is 24.3. The number of nitrogens with zero attached hydrogens (tertiary/aromatic N) is 4. The van der Waals surface area contributed by atoms with E-state index in [0.29, 0.717) is 43.9 Å². The molecule has 50 heavy (non-hydrogen) atoms. The summed E-state index contributed by atoms with van der Waals surface area (Å²) in [5, 5.41) is 1.96. The first-order valence-electron chi connectivity index (χ1n) is 17.0. The summed E-state index contributed by atoms with van der Waals surface area (Å²) in [6, 6.07) is 24.7. The highest BCUT2D eigenvalue weighted by atomic mass is 32.1. The topological polar surface area (TPSA) is 77.0 Å². The molecule has 0 radical (unpaired) electrons. The molecule has 0 unspecified atom stereocenters. The number of ether oxygens (including phenoxy) is 3. The van der Waals surface area contributed by atoms with Crippen LogP contribution in [0.4, 0.5) is 0 Å². The number of piperazine rings is 1. The molecule has 3 aromatic carbocycles. The average Bonchev–Trinajstić information content (AvgIpc) is 3.66. The van der Waals surface area contributed by atoms with E-state index in [1.54, 1.807) is 35.2 Å². The molecule has 0 aliphatic carbocycles. The summed E-state index contributed by atoms with van der Waals surface area (Å²) in [4.78, 5) is 26.0. The van der Waals surface area contributed by atoms with Crippen molar-refractivity contribution in [3.8, 4) is 23.1 Å². The van der Waals surface area contributed by atoms with Crippen LogP contribution in [0.3, 0.4) is 0 Å². The third kappa shape index (κ3) is 9.58. The number of hydrogen-bond donors (Lipinski definition) is 0. The van der Waals surface area contributed by atoms with Gasteiger partial charge in [0.05, 0.1) is 17.4 Å². The molecule has 0 saturated carbocycles. The molecule has 1 saturated heterocycles. The first kappa shape index (κ1) is 34.9. The fourth-order valence-corrected chi connectivity index (χ4v) is 6.38. The third-order valence-corrected chi connectivity index (χ3v) is 9.39. The van der Waals surface area contributed by atoms with Crippen molar-refractivity contribution in [2.75, 3.05) is 26.2 Å². The number of hydrogen-bond acceptors (Lipinski definition) is 8. The molecule has 1 aliphatic rings. The van der Waals surface area contributed by atoms with Gasteiger partial charge in [-0.2, -0.15) is 0 Å². The van der Waals surface area contributed by atoms with E-state index in [9.17, 15) is 4.79 Å². The van der Waals surface area contributed by atoms with E-state index in [0.717, 1.165) is 59.1 Å². The fraction of sp³-hybridized carbons (Fsp3) is 0.293. The van der Waals surface area contributed by atoms with Crippen LogP contribution in [0.5, 0.6) is 23.1 Å². The molecular formula is C41H44N4O4S. The lowest BCUT2D eigenvalue weighted by Crippen LogP contribution is -2.47. The summed E-state index contributed by atoms with van der Waals surface area (Å²) in [5.41, 5.74) is 9.28. The van der Waals surface area contributed by atoms with Gasteiger partial charge in [-0.05, 0) is 89.6 Å². The number of carbonyl (C=O) groups is 1. The van der Waals surface area contributed by atoms with Gasteiger partial charge in [0.2, 0.25) is 11.8 Å². The summed E-state index contributed by atoms with van der Waals surface area (Å²) in [5.74, 6) is 3.33. The van der Waals surface area contributed by atoms with Crippen LogP contribution in [0.25, 0.3) is 6.08 Å². The van der Waals surface area contributed by atoms with Gasteiger partial charge >= 0.3 is 0 Å². The van der Waals surface area contributed by atoms with Crippen molar-refractivity contribution in [1.29, 1.82) is 0 Å². The van der Waals surface area contributed by atoms with Gasteiger partial charge in [0.15, 0.2) is 0 Å². The van der Waals surface area contributed by atoms with Crippen molar-refractivity contribution >= 4 is 23.3 Å². The zero-order valence-corrected chi connectivity index (χ0v) is 30.0. The van der Waals surface area contributed by atoms with Crippen LogP contribution in [-0.4, -0.2) is 51.9 Å². The molecule has 0 bridgehead atoms. The van der Waals surface area contributed by atoms with Gasteiger partial charge < -0.3 is 19.1 Å². The normalized spacial score (nSPS) is 13.6. The van der Waals surface area contributed by atoms with E-state index in [1.165, 1.54) is 11.1 Å². The molecule has 0 atom stereocenters. The second-order valence-electron chi connectivity index (χ2n) is 13.0. The van der Waals surface area contributed by atoms with Crippen molar-refractivity contribution in [3.63, 3.8) is 0 Å². The molecule has 1 fully saturated rings. The molecule has 8 nitrogen and oxygen atoms in total. The Morgan fingerprint density at radius 2 is 1.52 bits per heavy atom. The first-order valence-corrected chi connectivity index (χ1v) is 18.0. The highest BCUT2D eigenvalue weighted by Crippen LogP contribution is 2.30. The van der Waals surface area contributed by atoms with Crippen molar-refractivity contribution in [1.82, 2.24) is 19.8 Å². The third-order valence-electron chi connectivity index (χ3n) is 8.75. The van der Waals surface area contributed by atoms with Crippen LogP contribution >= 0.6 is 11.3 Å². The number of rotatable bonds is 13. The minimum absolute atomic E-state index is 0.0322. The van der Waals surface area contributed by atoms with Crippen LogP contribution in [0.1, 0.15) is 58.8 Å². The van der Waals surface area contributed by atoms with Crippen LogP contribution in [-0.2, 0) is 24.6 Å². The number of aromatic nitrogens is 2. The monoisotopic (exact) mass is 688 g/mol. The lowest BCUT2D eigenvalue weighted by atomic mass is 10.0. The van der Waals surface area contributed by atoms with Gasteiger partial charge in [-0.15, -0.1) is 11.3 Å². The maximum absolute atomic E-state index is 13.1. The molecule has 258 valence electrons. The standard InChI is InChI=1S/C41H44N4O4S/c1-29(2)35-10-12-37(13-11-35)47-25-33-7-5-32(6-8-33)24-44-17-19-45(20-18-44)40(46)16-9-34-21-30(3)41(31(4)22-34)49-39-15-14-38(23-42-39)48-26-36-27-50-28-43-36/h5-16,21-23,27-29H,17-20,24-26H2,1-4H3. The zero-order valence-electron chi connectivity index (χ0n) is 29.2. The van der Waals surface area contributed by atoms with E-state index in [2.05, 4.69) is 65.1 Å². The Balaban J connectivity index is 0.938. The Hall–Kier alpha value is -4.99. The summed E-state index contributed by atoms with van der Waals surface area (Å²) in [6.45, 7) is 13.3. The van der Waals surface area contributed by atoms with Gasteiger partial charge in [-0.3, -0.25) is 9.69 Å². The average molecular weight is 689 g/mol. The van der Waals surface area contributed by atoms with Crippen LogP contribution in [0.15, 0.2) is 96.0 Å². The number of thiazole rings is 1. The Labute approximate surface area is 299 Å². The maximum atomic E-state index is 13.1. The highest BCUT2D eigenvalue weighted by molar-refractivity contribution is 7.07. The molecule has 9 heteroatoms. The molecule has 1 aliphatic heterocycles. The summed E-state index contributed by atoms with van der Waals surface area (Å²) in [6.07, 6.45) is 5.21. The van der Waals surface area contributed by atoms with Gasteiger partial charge in [0, 0.05) is 50.2 Å². The van der Waals surface area contributed by atoms with E-state index in [-0.39, 0.29) is 5.91 Å². The van der Waals surface area contributed by atoms with E-state index >= 15 is 0 Å². The van der Waals surface area contributed by atoms with E-state index in [1.807, 2.05) is 60.5 Å². The Morgan fingerprint density at radius 1 is 0.840 bits per heavy atom. The molecule has 0 N–H and O–H groups in total. The van der Waals surface area contributed by atoms with Crippen LogP contribution < -0.4 is 14.2 Å². The molecule has 5 aromatic rings. The smallest absolute Gasteiger partial charge is 0.246 e. The number of carbonyl (C=O) groups excluding carboxylic acids is 1. The van der Waals surface area contributed by atoms with Crippen LogP contribution in [0.2, 0.25) is 0 Å². The summed E-state index contributed by atoms with van der Waals surface area (Å²) in [7, 11) is 0. The minimum atomic E-state index is 0.0322. The Morgan fingerprint density at radius 3 is 2.16 bits per heavy atom. The quantitative estimate of drug-likeness (QED) is 0.115. The molecular weight excluding hydrogens is 645 g/mol. The molecule has 3 heterocycles. The Bertz CT molecular complexity index is 1840. The van der Waals surface area contributed by atoms with Gasteiger partial charge in [-0.1, -0.05) is 50.2 Å². The lowest BCUT2D eigenvalue weighted by Gasteiger charge is -2.34. The number of benzene rings is 3. The van der Waals surface area contributed by atoms with Crippen molar-refractivity contribution in [2.45, 2.75) is 53.4 Å². The minimum Gasteiger partial charge on any atom is -0.489 e. The number of pyridine rings is 1. The van der Waals surface area contributed by atoms with Crippen molar-refractivity contribution in [3.05, 3.63) is 135 Å². The van der Waals surface area contributed by atoms with Crippen molar-refractivity contribution < 1.29 is 19.0 Å². The fourth-order valence-electron chi connectivity index (χ4n) is 5.84. The van der Waals surface area contributed by atoms with Gasteiger partial charge in [0.1, 0.15) is 30.5 Å². The molecule has 6 rings (SSSR count). The highest BCUT2D eigenvalue weighted by Gasteiger charge is 2.20. The zero-order chi connectivity index (χ0) is 34.9. The summed E-state index contributed by atoms with van der Waals surface area (Å²) >= 11 is 1.54. The molecule has 1 amide bonds. The van der Waals surface area contributed by atoms with Gasteiger partial charge in [-0.25, -0.2) is 9.97 Å². The SMILES string of the molecule is Cc1cc(C=CC(=O)N2CCN(Cc3ccc(COc4ccc(C(C)C)cc4)cc3)CC2)cc(C)c1Oc1ccc(OCc2cscn2)cn1.